The average Bonchev–Trinajstić information content (AvgIpc) is 3.75. The lowest BCUT2D eigenvalue weighted by Gasteiger charge is -2.38. The first-order chi connectivity index (χ1) is 20.9. The third-order valence-electron chi connectivity index (χ3n) is 8.59. The molecule has 0 spiro atoms. The number of hydrogen-bond donors (Lipinski definition) is 2. The summed E-state index contributed by atoms with van der Waals surface area (Å²) in [5.74, 6) is 1.74. The van der Waals surface area contributed by atoms with E-state index in [0.29, 0.717) is 53.7 Å². The molecule has 218 valence electrons. The number of hydrogen-bond acceptors (Lipinski definition) is 7. The molecule has 10 nitrogen and oxygen atoms in total. The van der Waals surface area contributed by atoms with Crippen LogP contribution in [0.3, 0.4) is 0 Å². The number of aromatic nitrogens is 6. The summed E-state index contributed by atoms with van der Waals surface area (Å²) in [6.45, 7) is 6.96. The number of carbonyl (C=O) groups is 1. The van der Waals surface area contributed by atoms with E-state index in [-0.39, 0.29) is 17.9 Å². The van der Waals surface area contributed by atoms with E-state index in [1.54, 1.807) is 17.1 Å². The number of imidazole rings is 1. The zero-order valence-corrected chi connectivity index (χ0v) is 23.8. The molecule has 0 saturated carbocycles. The number of alkyl halides is 1. The predicted molar refractivity (Wildman–Crippen MR) is 162 cm³/mol. The molecule has 1 fully saturated rings. The highest BCUT2D eigenvalue weighted by Crippen LogP contribution is 2.38. The number of amides is 1. The number of fused-ring (bicyclic) bond motifs is 2. The normalized spacial score (nSPS) is 21.7. The van der Waals surface area contributed by atoms with Gasteiger partial charge in [0.25, 0.3) is 0 Å². The second kappa shape index (κ2) is 10.7. The number of halogens is 1. The lowest BCUT2D eigenvalue weighted by Crippen LogP contribution is -2.51. The van der Waals surface area contributed by atoms with Crippen LogP contribution in [0.25, 0.3) is 34.1 Å². The predicted octanol–water partition coefficient (Wildman–Crippen LogP) is 4.20. The molecule has 4 atom stereocenters. The van der Waals surface area contributed by atoms with Gasteiger partial charge in [0.2, 0.25) is 5.91 Å². The van der Waals surface area contributed by atoms with Crippen molar-refractivity contribution in [2.75, 3.05) is 18.8 Å². The highest BCUT2D eigenvalue weighted by Gasteiger charge is 2.37. The van der Waals surface area contributed by atoms with Gasteiger partial charge in [-0.2, -0.15) is 5.10 Å². The molecule has 0 radical (unpaired) electrons. The van der Waals surface area contributed by atoms with Gasteiger partial charge in [0, 0.05) is 49.8 Å². The van der Waals surface area contributed by atoms with Gasteiger partial charge in [-0.1, -0.05) is 19.6 Å². The van der Waals surface area contributed by atoms with Crippen molar-refractivity contribution in [2.24, 2.45) is 5.92 Å². The zero-order valence-electron chi connectivity index (χ0n) is 23.8. The van der Waals surface area contributed by atoms with Gasteiger partial charge in [0.1, 0.15) is 17.5 Å². The summed E-state index contributed by atoms with van der Waals surface area (Å²) < 4.78 is 19.3. The lowest BCUT2D eigenvalue weighted by atomic mass is 9.92. The quantitative estimate of drug-likeness (QED) is 0.290. The molecule has 1 saturated heterocycles. The highest BCUT2D eigenvalue weighted by atomic mass is 19.1. The first-order valence-electron chi connectivity index (χ1n) is 14.5. The monoisotopic (exact) mass is 577 g/mol. The van der Waals surface area contributed by atoms with E-state index < -0.39 is 12.2 Å². The van der Waals surface area contributed by atoms with Gasteiger partial charge in [-0.05, 0) is 72.0 Å². The summed E-state index contributed by atoms with van der Waals surface area (Å²) >= 11 is 0. The Hall–Kier alpha value is -4.90. The molecule has 43 heavy (non-hydrogen) atoms. The standard InChI is InChI=1S/C32H32FN9O/c1-3-28(43)40-15-11-25(19(2)18-40)37-29-22-8-7-21(16-20(22)17-24(29)33)42-31(23-6-4-12-35-30(23)34)38-26-9-10-27(39-32(26)42)41-14-5-13-36-41/h3-10,12-14,16,19,24-25,29,37H,1,11,15,17-18H2,2H3,(H2,34,35). The van der Waals surface area contributed by atoms with E-state index >= 15 is 4.39 Å². The molecule has 0 bridgehead atoms. The largest absolute Gasteiger partial charge is 0.383 e. The minimum atomic E-state index is -1.07. The minimum absolute atomic E-state index is 0.0573. The van der Waals surface area contributed by atoms with Crippen LogP contribution >= 0.6 is 0 Å². The van der Waals surface area contributed by atoms with Crippen molar-refractivity contribution in [2.45, 2.75) is 38.0 Å². The average molecular weight is 578 g/mol. The van der Waals surface area contributed by atoms with Crippen LogP contribution in [-0.2, 0) is 11.2 Å². The number of nitrogen functional groups attached to an aromatic ring is 1. The molecular weight excluding hydrogens is 545 g/mol. The number of likely N-dealkylation sites (tertiary alicyclic amines) is 1. The van der Waals surface area contributed by atoms with Crippen LogP contribution in [0.2, 0.25) is 0 Å². The van der Waals surface area contributed by atoms with E-state index in [1.165, 1.54) is 6.08 Å². The van der Waals surface area contributed by atoms with Crippen LogP contribution < -0.4 is 11.1 Å². The van der Waals surface area contributed by atoms with Gasteiger partial charge in [0.15, 0.2) is 17.3 Å². The number of carbonyl (C=O) groups excluding carboxylic acids is 1. The third kappa shape index (κ3) is 4.75. The number of rotatable bonds is 6. The van der Waals surface area contributed by atoms with Crippen LogP contribution in [0, 0.1) is 5.92 Å². The second-order valence-corrected chi connectivity index (χ2v) is 11.3. The first-order valence-corrected chi connectivity index (χ1v) is 14.5. The van der Waals surface area contributed by atoms with E-state index in [0.717, 1.165) is 23.2 Å². The number of nitrogens with zero attached hydrogens (tertiary/aromatic N) is 7. The van der Waals surface area contributed by atoms with Gasteiger partial charge in [-0.3, -0.25) is 9.36 Å². The molecule has 1 aromatic carbocycles. The zero-order chi connectivity index (χ0) is 29.7. The van der Waals surface area contributed by atoms with E-state index in [1.807, 2.05) is 64.2 Å². The van der Waals surface area contributed by atoms with Crippen LogP contribution in [0.1, 0.15) is 30.5 Å². The Morgan fingerprint density at radius 2 is 2.05 bits per heavy atom. The van der Waals surface area contributed by atoms with Crippen molar-refractivity contribution in [1.29, 1.82) is 0 Å². The number of piperidine rings is 1. The molecule has 11 heteroatoms. The molecule has 5 aromatic rings. The second-order valence-electron chi connectivity index (χ2n) is 11.3. The van der Waals surface area contributed by atoms with Gasteiger partial charge < -0.3 is 16.0 Å². The fourth-order valence-electron chi connectivity index (χ4n) is 6.39. The number of benzene rings is 1. The van der Waals surface area contributed by atoms with Gasteiger partial charge in [-0.25, -0.2) is 24.0 Å². The highest BCUT2D eigenvalue weighted by molar-refractivity contribution is 5.87. The fourth-order valence-corrected chi connectivity index (χ4v) is 6.39. The molecule has 7 rings (SSSR count). The molecule has 4 unspecified atom stereocenters. The number of pyridine rings is 2. The summed E-state index contributed by atoms with van der Waals surface area (Å²) in [7, 11) is 0. The smallest absolute Gasteiger partial charge is 0.245 e. The Labute approximate surface area is 248 Å². The summed E-state index contributed by atoms with van der Waals surface area (Å²) in [4.78, 5) is 28.0. The third-order valence-corrected chi connectivity index (χ3v) is 8.59. The maximum Gasteiger partial charge on any atom is 0.245 e. The maximum absolute atomic E-state index is 15.7. The van der Waals surface area contributed by atoms with Crippen molar-refractivity contribution < 1.29 is 9.18 Å². The fraction of sp³-hybridized carbons (Fsp3) is 0.281. The molecule has 4 aromatic heterocycles. The topological polar surface area (TPSA) is 120 Å². The molecule has 1 amide bonds. The molecular formula is C32H32FN9O. The molecule has 5 heterocycles. The van der Waals surface area contributed by atoms with Crippen LogP contribution in [-0.4, -0.2) is 65.4 Å². The molecule has 1 aliphatic carbocycles. The summed E-state index contributed by atoms with van der Waals surface area (Å²) in [6, 6.07) is 15.0. The van der Waals surface area contributed by atoms with Crippen molar-refractivity contribution in [3.05, 3.63) is 90.9 Å². The SMILES string of the molecule is C=CC(=O)N1CCC(NC2c3ccc(-n4c(-c5cccnc5N)nc5ccc(-n6cccn6)nc54)cc3CC2F)C(C)C1. The Kier molecular flexibility index (Phi) is 6.73. The van der Waals surface area contributed by atoms with Crippen molar-refractivity contribution in [1.82, 2.24) is 39.5 Å². The summed E-state index contributed by atoms with van der Waals surface area (Å²) in [6.07, 6.45) is 6.53. The minimum Gasteiger partial charge on any atom is -0.383 e. The molecule has 2 aliphatic rings. The Morgan fingerprint density at radius 1 is 1.16 bits per heavy atom. The van der Waals surface area contributed by atoms with Crippen LogP contribution in [0.4, 0.5) is 10.2 Å². The van der Waals surface area contributed by atoms with E-state index in [4.69, 9.17) is 15.7 Å². The number of nitrogens with one attached hydrogen (secondary N) is 1. The van der Waals surface area contributed by atoms with Crippen LogP contribution in [0.15, 0.2) is 79.8 Å². The summed E-state index contributed by atoms with van der Waals surface area (Å²) in [5.41, 5.74) is 11.0. The lowest BCUT2D eigenvalue weighted by molar-refractivity contribution is -0.128. The van der Waals surface area contributed by atoms with Gasteiger partial charge in [0.05, 0.1) is 11.6 Å². The number of anilines is 1. The van der Waals surface area contributed by atoms with Crippen molar-refractivity contribution >= 4 is 22.9 Å². The number of nitrogens with two attached hydrogens (primary N) is 1. The van der Waals surface area contributed by atoms with Crippen LogP contribution in [0.5, 0.6) is 0 Å². The Balaban J connectivity index is 1.26. The van der Waals surface area contributed by atoms with Gasteiger partial charge in [-0.15, -0.1) is 0 Å². The summed E-state index contributed by atoms with van der Waals surface area (Å²) in [5, 5.41) is 7.93. The molecule has 3 N–H and O–H groups in total. The van der Waals surface area contributed by atoms with Gasteiger partial charge >= 0.3 is 0 Å². The van der Waals surface area contributed by atoms with E-state index in [2.05, 4.69) is 28.9 Å². The van der Waals surface area contributed by atoms with Crippen molar-refractivity contribution in [3.8, 4) is 22.9 Å². The van der Waals surface area contributed by atoms with E-state index in [9.17, 15) is 4.79 Å². The van der Waals surface area contributed by atoms with Crippen molar-refractivity contribution in [3.63, 3.8) is 0 Å². The molecule has 1 aliphatic heterocycles. The maximum atomic E-state index is 15.7. The Bertz CT molecular complexity index is 1830. The Morgan fingerprint density at radius 3 is 2.81 bits per heavy atom. The first kappa shape index (κ1) is 27.0.